The second-order valence-electron chi connectivity index (χ2n) is 8.89. The van der Waals surface area contributed by atoms with Gasteiger partial charge in [-0.15, -0.1) is 5.10 Å². The third-order valence-corrected chi connectivity index (χ3v) is 6.41. The van der Waals surface area contributed by atoms with Crippen LogP contribution in [0.2, 0.25) is 5.02 Å². The molecule has 5 rings (SSSR count). The quantitative estimate of drug-likeness (QED) is 0.452. The third-order valence-electron chi connectivity index (χ3n) is 6.11. The molecule has 0 unspecified atom stereocenters. The standard InChI is InChI=1S/C25H21ClFN5O3/c1-25(35)5-6-31(14-25)22-10-16(13-28-29-22)19-12-17(27)11-18(23(19)33)15-3-4-21(20(26)9-15)32-8-7-30(2)24(32)34/h3-4,9-13,33,35H,5-6,14H2,1-2H3/t25-/m1/s1. The summed E-state index contributed by atoms with van der Waals surface area (Å²) < 4.78 is 17.2. The topological polar surface area (TPSA) is 96.4 Å². The highest BCUT2D eigenvalue weighted by atomic mass is 35.5. The number of halogens is 2. The van der Waals surface area contributed by atoms with E-state index in [2.05, 4.69) is 22.6 Å². The van der Waals surface area contributed by atoms with Gasteiger partial charge in [0.05, 0.1) is 22.5 Å². The van der Waals surface area contributed by atoms with Gasteiger partial charge in [0.2, 0.25) is 0 Å². The summed E-state index contributed by atoms with van der Waals surface area (Å²) in [4.78, 5) is 14.1. The van der Waals surface area contributed by atoms with E-state index in [1.165, 1.54) is 27.5 Å². The maximum absolute atomic E-state index is 14.7. The number of hydrogen-bond donors (Lipinski definition) is 2. The second-order valence-corrected chi connectivity index (χ2v) is 9.29. The molecule has 2 aromatic carbocycles. The molecule has 1 atom stereocenters. The van der Waals surface area contributed by atoms with Crippen molar-refractivity contribution in [3.05, 3.63) is 76.3 Å². The largest absolute Gasteiger partial charge is 0.507 e. The fourth-order valence-corrected chi connectivity index (χ4v) is 4.49. The first-order valence-corrected chi connectivity index (χ1v) is 11.2. The molecule has 4 aromatic rings. The molecule has 0 saturated carbocycles. The van der Waals surface area contributed by atoms with Gasteiger partial charge in [-0.2, -0.15) is 5.10 Å². The molecule has 0 bridgehead atoms. The van der Waals surface area contributed by atoms with Crippen LogP contribution >= 0.6 is 11.6 Å². The minimum Gasteiger partial charge on any atom is -0.507 e. The van der Waals surface area contributed by atoms with Crippen molar-refractivity contribution in [2.45, 2.75) is 18.9 Å². The van der Waals surface area contributed by atoms with Crippen molar-refractivity contribution in [1.29, 1.82) is 0 Å². The van der Waals surface area contributed by atoms with Crippen LogP contribution in [0.25, 0.3) is 27.9 Å². The number of hydrogen-bond acceptors (Lipinski definition) is 6. The molecule has 0 spiro atoms. The maximum Gasteiger partial charge on any atom is 0.347 e. The van der Waals surface area contributed by atoms with Crippen molar-refractivity contribution in [1.82, 2.24) is 19.3 Å². The Kier molecular flexibility index (Phi) is 5.50. The predicted octanol–water partition coefficient (Wildman–Crippen LogP) is 3.36. The molecular weight excluding hydrogens is 473 g/mol. The Morgan fingerprint density at radius 1 is 1.14 bits per heavy atom. The first-order valence-electron chi connectivity index (χ1n) is 10.8. The van der Waals surface area contributed by atoms with Gasteiger partial charge < -0.3 is 15.1 Å². The number of benzene rings is 2. The van der Waals surface area contributed by atoms with Crippen LogP contribution in [0, 0.1) is 18.2 Å². The van der Waals surface area contributed by atoms with E-state index in [0.29, 0.717) is 42.1 Å². The molecule has 3 heterocycles. The Bertz CT molecular complexity index is 1500. The highest BCUT2D eigenvalue weighted by Gasteiger charge is 2.32. The molecule has 2 aromatic heterocycles. The summed E-state index contributed by atoms with van der Waals surface area (Å²) in [5.74, 6) is -0.184. The molecule has 10 heteroatoms. The fraction of sp³-hybridized carbons (Fsp3) is 0.240. The SMILES string of the molecule is Cn1c#cn(-c2ccc(-c3cc(F)cc(-c4cnnc(N5CC[C@@](C)(O)C5)c4)c3O)cc2Cl)c1=O. The molecule has 0 aliphatic carbocycles. The zero-order valence-corrected chi connectivity index (χ0v) is 19.7. The molecule has 8 nitrogen and oxygen atoms in total. The van der Waals surface area contributed by atoms with Crippen LogP contribution in [-0.2, 0) is 7.05 Å². The van der Waals surface area contributed by atoms with E-state index < -0.39 is 11.4 Å². The zero-order chi connectivity index (χ0) is 24.9. The maximum atomic E-state index is 14.7. The van der Waals surface area contributed by atoms with Gasteiger partial charge in [0, 0.05) is 49.2 Å². The van der Waals surface area contributed by atoms with Crippen molar-refractivity contribution < 1.29 is 14.6 Å². The molecule has 1 saturated heterocycles. The number of aromatic nitrogens is 4. The predicted molar refractivity (Wildman–Crippen MR) is 129 cm³/mol. The molecule has 178 valence electrons. The zero-order valence-electron chi connectivity index (χ0n) is 19.0. The van der Waals surface area contributed by atoms with E-state index in [1.807, 2.05) is 4.90 Å². The molecule has 0 amide bonds. The number of phenols is 1. The van der Waals surface area contributed by atoms with Gasteiger partial charge >= 0.3 is 5.69 Å². The van der Waals surface area contributed by atoms with E-state index in [-0.39, 0.29) is 27.6 Å². The van der Waals surface area contributed by atoms with Gasteiger partial charge in [0.25, 0.3) is 0 Å². The van der Waals surface area contributed by atoms with E-state index in [0.717, 1.165) is 0 Å². The molecule has 2 N–H and O–H groups in total. The Hall–Kier alpha value is -3.87. The number of aromatic hydroxyl groups is 1. The minimum atomic E-state index is -0.821. The van der Waals surface area contributed by atoms with Crippen molar-refractivity contribution in [2.75, 3.05) is 18.0 Å². The highest BCUT2D eigenvalue weighted by molar-refractivity contribution is 6.32. The number of β-amino-alcohol motifs (C(OH)–C–C–N with tert-alkyl or cyclic N) is 1. The van der Waals surface area contributed by atoms with Crippen LogP contribution in [0.15, 0.2) is 47.4 Å². The molecule has 0 radical (unpaired) electrons. The molecule has 1 fully saturated rings. The summed E-state index contributed by atoms with van der Waals surface area (Å²) in [6.45, 7) is 2.77. The molecule has 1 aliphatic rings. The summed E-state index contributed by atoms with van der Waals surface area (Å²) in [6.07, 6.45) is 7.37. The summed E-state index contributed by atoms with van der Waals surface area (Å²) in [5, 5.41) is 29.8. The van der Waals surface area contributed by atoms with Gasteiger partial charge in [-0.05, 0) is 49.2 Å². The second kappa shape index (κ2) is 8.41. The van der Waals surface area contributed by atoms with E-state index in [1.54, 1.807) is 38.2 Å². The van der Waals surface area contributed by atoms with Gasteiger partial charge in [0.15, 0.2) is 5.82 Å². The lowest BCUT2D eigenvalue weighted by molar-refractivity contribution is 0.0839. The summed E-state index contributed by atoms with van der Waals surface area (Å²) in [7, 11) is 1.55. The Balaban J connectivity index is 1.54. The third kappa shape index (κ3) is 4.22. The van der Waals surface area contributed by atoms with Gasteiger partial charge in [0.1, 0.15) is 11.6 Å². The van der Waals surface area contributed by atoms with Gasteiger partial charge in [-0.3, -0.25) is 4.57 Å². The average Bonchev–Trinajstić information content (AvgIpc) is 3.36. The molecular formula is C25H21ClFN5O3. The molecule has 1 aliphatic heterocycles. The minimum absolute atomic E-state index is 0.153. The lowest BCUT2D eigenvalue weighted by atomic mass is 9.97. The smallest absolute Gasteiger partial charge is 0.347 e. The van der Waals surface area contributed by atoms with E-state index >= 15 is 0 Å². The number of phenolic OH excluding ortho intramolecular Hbond substituents is 1. The number of aliphatic hydroxyl groups is 1. The Morgan fingerprint density at radius 2 is 1.89 bits per heavy atom. The van der Waals surface area contributed by atoms with Crippen molar-refractivity contribution >= 4 is 17.4 Å². The summed E-state index contributed by atoms with van der Waals surface area (Å²) >= 11 is 6.44. The van der Waals surface area contributed by atoms with E-state index in [9.17, 15) is 19.4 Å². The Morgan fingerprint density at radius 3 is 2.51 bits per heavy atom. The van der Waals surface area contributed by atoms with E-state index in [4.69, 9.17) is 11.6 Å². The lowest BCUT2D eigenvalue weighted by Crippen LogP contribution is -2.30. The monoisotopic (exact) mass is 493 g/mol. The Labute approximate surface area is 205 Å². The van der Waals surface area contributed by atoms with Gasteiger partial charge in [-0.25, -0.2) is 13.8 Å². The van der Waals surface area contributed by atoms with Crippen molar-refractivity contribution in [3.8, 4) is 33.7 Å². The average molecular weight is 494 g/mol. The normalized spacial score (nSPS) is 17.6. The van der Waals surface area contributed by atoms with Crippen LogP contribution < -0.4 is 10.6 Å². The van der Waals surface area contributed by atoms with Crippen LogP contribution in [-0.4, -0.2) is 48.2 Å². The fourth-order valence-electron chi connectivity index (χ4n) is 4.23. The van der Waals surface area contributed by atoms with Crippen LogP contribution in [0.5, 0.6) is 5.75 Å². The first kappa shape index (κ1) is 22.9. The first-order chi connectivity index (χ1) is 16.6. The number of rotatable bonds is 4. The summed E-state index contributed by atoms with van der Waals surface area (Å²) in [5.41, 5.74) is 0.606. The lowest BCUT2D eigenvalue weighted by Gasteiger charge is -2.20. The van der Waals surface area contributed by atoms with Crippen LogP contribution in [0.3, 0.4) is 0 Å². The number of nitrogens with zero attached hydrogens (tertiary/aromatic N) is 5. The highest BCUT2D eigenvalue weighted by Crippen LogP contribution is 2.41. The summed E-state index contributed by atoms with van der Waals surface area (Å²) in [6, 6.07) is 8.92. The number of anilines is 1. The van der Waals surface area contributed by atoms with Gasteiger partial charge in [-0.1, -0.05) is 17.7 Å². The van der Waals surface area contributed by atoms with Crippen LogP contribution in [0.4, 0.5) is 10.2 Å². The van der Waals surface area contributed by atoms with Crippen molar-refractivity contribution in [2.24, 2.45) is 7.05 Å². The van der Waals surface area contributed by atoms with Crippen molar-refractivity contribution in [3.63, 3.8) is 0 Å². The van der Waals surface area contributed by atoms with Crippen LogP contribution in [0.1, 0.15) is 13.3 Å². The molecule has 35 heavy (non-hydrogen) atoms.